The first kappa shape index (κ1) is 12.6. The van der Waals surface area contributed by atoms with Crippen LogP contribution in [0.25, 0.3) is 0 Å². The van der Waals surface area contributed by atoms with Gasteiger partial charge in [0.25, 0.3) is 0 Å². The number of carbonyl (C=O) groups is 1. The predicted octanol–water partition coefficient (Wildman–Crippen LogP) is 2.93. The zero-order chi connectivity index (χ0) is 11.8. The van der Waals surface area contributed by atoms with Gasteiger partial charge in [-0.25, -0.2) is 0 Å². The Bertz CT molecular complexity index is 334. The van der Waals surface area contributed by atoms with Crippen LogP contribution in [0, 0.1) is 0 Å². The van der Waals surface area contributed by atoms with Gasteiger partial charge in [-0.2, -0.15) is 0 Å². The average molecular weight is 222 g/mol. The van der Waals surface area contributed by atoms with E-state index in [2.05, 4.69) is 0 Å². The summed E-state index contributed by atoms with van der Waals surface area (Å²) in [6.45, 7) is 2.33. The van der Waals surface area contributed by atoms with Crippen LogP contribution in [0.2, 0.25) is 0 Å². The highest BCUT2D eigenvalue weighted by Crippen LogP contribution is 2.18. The maximum atomic E-state index is 11.3. The van der Waals surface area contributed by atoms with Gasteiger partial charge in [-0.05, 0) is 12.5 Å². The van der Waals surface area contributed by atoms with Gasteiger partial charge in [-0.1, -0.05) is 31.5 Å². The fourth-order valence-corrected chi connectivity index (χ4v) is 1.37. The third-order valence-electron chi connectivity index (χ3n) is 2.32. The molecule has 0 unspecified atom stereocenters. The Balaban J connectivity index is 2.44. The first-order valence-corrected chi connectivity index (χ1v) is 5.55. The van der Waals surface area contributed by atoms with Gasteiger partial charge in [0.15, 0.2) is 0 Å². The van der Waals surface area contributed by atoms with Crippen molar-refractivity contribution in [2.24, 2.45) is 0 Å². The van der Waals surface area contributed by atoms with Gasteiger partial charge < -0.3 is 9.47 Å². The van der Waals surface area contributed by atoms with E-state index in [1.807, 2.05) is 31.2 Å². The van der Waals surface area contributed by atoms with Crippen LogP contribution in [0.1, 0.15) is 31.7 Å². The van der Waals surface area contributed by atoms with Crippen molar-refractivity contribution < 1.29 is 14.3 Å². The minimum absolute atomic E-state index is 0.146. The zero-order valence-corrected chi connectivity index (χ0v) is 9.86. The average Bonchev–Trinajstić information content (AvgIpc) is 2.34. The lowest BCUT2D eigenvalue weighted by Crippen LogP contribution is -2.05. The Morgan fingerprint density at radius 1 is 1.31 bits per heavy atom. The van der Waals surface area contributed by atoms with Gasteiger partial charge in [0.2, 0.25) is 0 Å². The molecule has 88 valence electrons. The first-order chi connectivity index (χ1) is 7.77. The van der Waals surface area contributed by atoms with Gasteiger partial charge in [-0.15, -0.1) is 0 Å². The second kappa shape index (κ2) is 6.88. The topological polar surface area (TPSA) is 35.5 Å². The van der Waals surface area contributed by atoms with Gasteiger partial charge in [-0.3, -0.25) is 4.79 Å². The number of unbranched alkanes of at least 4 members (excludes halogenated alkanes) is 1. The Labute approximate surface area is 96.4 Å². The smallest absolute Gasteiger partial charge is 0.306 e. The summed E-state index contributed by atoms with van der Waals surface area (Å²) in [7, 11) is 1.61. The molecular formula is C13H18O3. The fourth-order valence-electron chi connectivity index (χ4n) is 1.37. The van der Waals surface area contributed by atoms with E-state index in [0.29, 0.717) is 6.42 Å². The summed E-state index contributed by atoms with van der Waals surface area (Å²) in [5.74, 6) is 0.610. The standard InChI is InChI=1S/C13H18O3/c1-3-4-9-13(14)16-10-11-7-5-6-8-12(11)15-2/h5-8H,3-4,9-10H2,1-2H3. The molecule has 0 N–H and O–H groups in total. The number of benzene rings is 1. The van der Waals surface area contributed by atoms with Crippen LogP contribution in [-0.4, -0.2) is 13.1 Å². The molecule has 0 heterocycles. The number of ether oxygens (including phenoxy) is 2. The monoisotopic (exact) mass is 222 g/mol. The molecule has 0 amide bonds. The van der Waals surface area contributed by atoms with E-state index in [9.17, 15) is 4.79 Å². The van der Waals surface area contributed by atoms with E-state index >= 15 is 0 Å². The van der Waals surface area contributed by atoms with E-state index < -0.39 is 0 Å². The van der Waals surface area contributed by atoms with Crippen molar-refractivity contribution >= 4 is 5.97 Å². The van der Waals surface area contributed by atoms with Crippen LogP contribution < -0.4 is 4.74 Å². The molecule has 0 aliphatic heterocycles. The van der Waals surface area contributed by atoms with E-state index in [1.54, 1.807) is 7.11 Å². The number of methoxy groups -OCH3 is 1. The Morgan fingerprint density at radius 2 is 2.06 bits per heavy atom. The first-order valence-electron chi connectivity index (χ1n) is 5.55. The molecular weight excluding hydrogens is 204 g/mol. The molecule has 0 spiro atoms. The maximum absolute atomic E-state index is 11.3. The van der Waals surface area contributed by atoms with Gasteiger partial charge >= 0.3 is 5.97 Å². The second-order valence-electron chi connectivity index (χ2n) is 3.58. The lowest BCUT2D eigenvalue weighted by molar-refractivity contribution is -0.145. The normalized spacial score (nSPS) is 9.88. The number of rotatable bonds is 6. The molecule has 0 aliphatic rings. The van der Waals surface area contributed by atoms with Crippen LogP contribution in [0.4, 0.5) is 0 Å². The summed E-state index contributed by atoms with van der Waals surface area (Å²) in [5.41, 5.74) is 0.898. The lowest BCUT2D eigenvalue weighted by atomic mass is 10.2. The number of hydrogen-bond donors (Lipinski definition) is 0. The third-order valence-corrected chi connectivity index (χ3v) is 2.32. The van der Waals surface area contributed by atoms with E-state index in [0.717, 1.165) is 24.2 Å². The van der Waals surface area contributed by atoms with Crippen molar-refractivity contribution in [2.45, 2.75) is 32.8 Å². The highest BCUT2D eigenvalue weighted by molar-refractivity contribution is 5.69. The molecule has 0 aromatic heterocycles. The Morgan fingerprint density at radius 3 is 2.75 bits per heavy atom. The molecule has 0 saturated heterocycles. The minimum Gasteiger partial charge on any atom is -0.496 e. The molecule has 0 saturated carbocycles. The van der Waals surface area contributed by atoms with E-state index in [1.165, 1.54) is 0 Å². The van der Waals surface area contributed by atoms with Crippen molar-refractivity contribution in [3.8, 4) is 5.75 Å². The molecule has 16 heavy (non-hydrogen) atoms. The summed E-state index contributed by atoms with van der Waals surface area (Å²) >= 11 is 0. The molecule has 0 radical (unpaired) electrons. The summed E-state index contributed by atoms with van der Waals surface area (Å²) in [5, 5.41) is 0. The summed E-state index contributed by atoms with van der Waals surface area (Å²) in [6.07, 6.45) is 2.38. The third kappa shape index (κ3) is 3.93. The quantitative estimate of drug-likeness (QED) is 0.694. The zero-order valence-electron chi connectivity index (χ0n) is 9.86. The van der Waals surface area contributed by atoms with E-state index in [-0.39, 0.29) is 12.6 Å². The molecule has 0 bridgehead atoms. The number of carbonyl (C=O) groups excluding carboxylic acids is 1. The predicted molar refractivity (Wildman–Crippen MR) is 62.3 cm³/mol. The molecule has 1 rings (SSSR count). The van der Waals surface area contributed by atoms with Gasteiger partial charge in [0.1, 0.15) is 12.4 Å². The van der Waals surface area contributed by atoms with Crippen LogP contribution in [-0.2, 0) is 16.1 Å². The lowest BCUT2D eigenvalue weighted by Gasteiger charge is -2.08. The molecule has 0 aliphatic carbocycles. The SMILES string of the molecule is CCCCC(=O)OCc1ccccc1OC. The molecule has 1 aromatic carbocycles. The van der Waals surface area contributed by atoms with Crippen molar-refractivity contribution in [1.82, 2.24) is 0 Å². The van der Waals surface area contributed by atoms with Crippen LogP contribution in [0.5, 0.6) is 5.75 Å². The molecule has 0 atom stereocenters. The molecule has 3 nitrogen and oxygen atoms in total. The fraction of sp³-hybridized carbons (Fsp3) is 0.462. The Kier molecular flexibility index (Phi) is 5.40. The largest absolute Gasteiger partial charge is 0.496 e. The molecule has 3 heteroatoms. The van der Waals surface area contributed by atoms with Gasteiger partial charge in [0, 0.05) is 12.0 Å². The van der Waals surface area contributed by atoms with Crippen LogP contribution in [0.3, 0.4) is 0 Å². The van der Waals surface area contributed by atoms with Gasteiger partial charge in [0.05, 0.1) is 7.11 Å². The van der Waals surface area contributed by atoms with Crippen molar-refractivity contribution in [3.63, 3.8) is 0 Å². The number of hydrogen-bond acceptors (Lipinski definition) is 3. The summed E-state index contributed by atoms with van der Waals surface area (Å²) in [4.78, 5) is 11.3. The minimum atomic E-state index is -0.146. The Hall–Kier alpha value is -1.51. The van der Waals surface area contributed by atoms with Crippen molar-refractivity contribution in [3.05, 3.63) is 29.8 Å². The van der Waals surface area contributed by atoms with E-state index in [4.69, 9.17) is 9.47 Å². The highest BCUT2D eigenvalue weighted by Gasteiger charge is 2.05. The highest BCUT2D eigenvalue weighted by atomic mass is 16.5. The maximum Gasteiger partial charge on any atom is 0.306 e. The summed E-state index contributed by atoms with van der Waals surface area (Å²) < 4.78 is 10.3. The van der Waals surface area contributed by atoms with Crippen LogP contribution in [0.15, 0.2) is 24.3 Å². The summed E-state index contributed by atoms with van der Waals surface area (Å²) in [6, 6.07) is 7.54. The number of esters is 1. The van der Waals surface area contributed by atoms with Crippen LogP contribution >= 0.6 is 0 Å². The number of para-hydroxylation sites is 1. The molecule has 1 aromatic rings. The van der Waals surface area contributed by atoms with Crippen molar-refractivity contribution in [1.29, 1.82) is 0 Å². The second-order valence-corrected chi connectivity index (χ2v) is 3.58. The van der Waals surface area contributed by atoms with Crippen molar-refractivity contribution in [2.75, 3.05) is 7.11 Å². The molecule has 0 fully saturated rings.